The Morgan fingerprint density at radius 1 is 0.385 bits per heavy atom. The molecule has 0 saturated heterocycles. The van der Waals surface area contributed by atoms with Gasteiger partial charge in [0.25, 0.3) is 0 Å². The van der Waals surface area contributed by atoms with E-state index in [9.17, 15) is 10.2 Å². The maximum absolute atomic E-state index is 13.5. The fourth-order valence-electron chi connectivity index (χ4n) is 10.1. The molecule has 5 rings (SSSR count). The van der Waals surface area contributed by atoms with Gasteiger partial charge in [0.1, 0.15) is 0 Å². The molecular formula is C56H84O7P2. The molecule has 4 aromatic carbocycles. The van der Waals surface area contributed by atoms with Crippen LogP contribution in [0.5, 0.6) is 0 Å². The van der Waals surface area contributed by atoms with Crippen molar-refractivity contribution in [2.24, 2.45) is 0 Å². The van der Waals surface area contributed by atoms with E-state index in [2.05, 4.69) is 214 Å². The lowest BCUT2D eigenvalue weighted by Gasteiger charge is -2.53. The smallest absolute Gasteiger partial charge is 0.334 e. The van der Waals surface area contributed by atoms with Gasteiger partial charge in [0.05, 0.1) is 12.2 Å². The molecule has 360 valence electrons. The number of aliphatic hydroxyl groups excluding tert-OH is 2. The molecule has 0 aromatic heterocycles. The number of hydrogen-bond donors (Lipinski definition) is 6. The van der Waals surface area contributed by atoms with Gasteiger partial charge in [-0.25, -0.2) is 4.31 Å². The number of benzene rings is 4. The Bertz CT molecular complexity index is 1960. The fourth-order valence-corrected chi connectivity index (χ4v) is 10.7. The number of hydrogen-bond acceptors (Lipinski definition) is 7. The standard InChI is InChI=1S/C56H80O2.H4O5P2/c1-49(2,3)37-25-29-39(30-26-37)55(47(57)45-41(51(7,8)9)21-19-22-42(45)52(10,11)12)33-35-56(36-34-55,40-31-27-38(28-32-40)50(4,5)6)48(58)46-43(53(13,14)15)23-20-24-44(46)54(16,17)18;1-6(2)5-7(3)4/h19-32,47-48,57-58H,33-36H2,1-18H3;1-4H. The second kappa shape index (κ2) is 19.8. The van der Waals surface area contributed by atoms with Crippen molar-refractivity contribution in [1.29, 1.82) is 0 Å². The van der Waals surface area contributed by atoms with E-state index in [0.717, 1.165) is 36.8 Å². The zero-order valence-electron chi connectivity index (χ0n) is 43.1. The highest BCUT2D eigenvalue weighted by Crippen LogP contribution is 2.60. The van der Waals surface area contributed by atoms with Gasteiger partial charge in [0, 0.05) is 10.8 Å². The highest BCUT2D eigenvalue weighted by molar-refractivity contribution is 7.53. The number of rotatable bonds is 8. The van der Waals surface area contributed by atoms with Crippen molar-refractivity contribution < 1.29 is 34.1 Å². The van der Waals surface area contributed by atoms with Gasteiger partial charge in [-0.1, -0.05) is 210 Å². The molecule has 1 fully saturated rings. The lowest BCUT2D eigenvalue weighted by atomic mass is 9.53. The summed E-state index contributed by atoms with van der Waals surface area (Å²) in [6.45, 7) is 40.9. The van der Waals surface area contributed by atoms with E-state index < -0.39 is 40.2 Å². The molecule has 9 heteroatoms. The van der Waals surface area contributed by atoms with Crippen molar-refractivity contribution in [2.45, 2.75) is 206 Å². The van der Waals surface area contributed by atoms with Crippen molar-refractivity contribution in [3.63, 3.8) is 0 Å². The van der Waals surface area contributed by atoms with E-state index in [-0.39, 0.29) is 32.5 Å². The van der Waals surface area contributed by atoms with E-state index >= 15 is 0 Å². The average molecular weight is 931 g/mol. The molecule has 2 atom stereocenters. The largest absolute Gasteiger partial charge is 0.387 e. The summed E-state index contributed by atoms with van der Waals surface area (Å²) in [6.07, 6.45) is 1.42. The maximum Gasteiger partial charge on any atom is 0.334 e. The Labute approximate surface area is 396 Å². The second-order valence-corrected chi connectivity index (χ2v) is 26.6. The molecule has 4 aromatic rings. The SMILES string of the molecule is CC(C)(C)c1ccc(C2(C(O)c3c(C(C)(C)C)cccc3C(C)(C)C)CCC(c3ccc(C(C)(C)C)cc3)(C(O)c3c(C(C)(C)C)cccc3C(C)(C)C)CC2)cc1.OP(O)OP(O)O. The molecule has 65 heavy (non-hydrogen) atoms. The zero-order valence-corrected chi connectivity index (χ0v) is 44.8. The van der Waals surface area contributed by atoms with E-state index in [1.165, 1.54) is 44.5 Å². The van der Waals surface area contributed by atoms with E-state index in [1.54, 1.807) is 0 Å². The molecule has 1 aliphatic rings. The minimum absolute atomic E-state index is 0.0127. The van der Waals surface area contributed by atoms with Gasteiger partial charge >= 0.3 is 17.2 Å². The Morgan fingerprint density at radius 2 is 0.615 bits per heavy atom. The van der Waals surface area contributed by atoms with Crippen LogP contribution in [0.1, 0.15) is 218 Å². The Balaban J connectivity index is 0.00000122. The summed E-state index contributed by atoms with van der Waals surface area (Å²) >= 11 is 0. The molecule has 7 nitrogen and oxygen atoms in total. The minimum atomic E-state index is -2.61. The lowest BCUT2D eigenvalue weighted by molar-refractivity contribution is -0.00960. The van der Waals surface area contributed by atoms with E-state index in [4.69, 9.17) is 19.6 Å². The van der Waals surface area contributed by atoms with Crippen LogP contribution >= 0.6 is 17.2 Å². The second-order valence-electron chi connectivity index (χ2n) is 24.9. The molecule has 0 bridgehead atoms. The predicted molar refractivity (Wildman–Crippen MR) is 274 cm³/mol. The molecule has 0 heterocycles. The summed E-state index contributed by atoms with van der Waals surface area (Å²) in [5, 5.41) is 27.1. The van der Waals surface area contributed by atoms with E-state index in [1.807, 2.05) is 0 Å². The third-order valence-corrected chi connectivity index (χ3v) is 15.0. The van der Waals surface area contributed by atoms with Crippen LogP contribution in [-0.4, -0.2) is 29.8 Å². The summed E-state index contributed by atoms with van der Waals surface area (Å²) in [5.74, 6) is 0. The first-order valence-electron chi connectivity index (χ1n) is 23.4. The topological polar surface area (TPSA) is 131 Å². The molecule has 6 N–H and O–H groups in total. The van der Waals surface area contributed by atoms with Crippen LogP contribution in [0.4, 0.5) is 0 Å². The van der Waals surface area contributed by atoms with Crippen molar-refractivity contribution in [2.75, 3.05) is 0 Å². The summed E-state index contributed by atoms with van der Waals surface area (Å²) in [5.41, 5.74) is 10.2. The zero-order chi connectivity index (χ0) is 49.5. The monoisotopic (exact) mass is 931 g/mol. The van der Waals surface area contributed by atoms with Crippen molar-refractivity contribution in [3.8, 4) is 0 Å². The van der Waals surface area contributed by atoms with Crippen molar-refractivity contribution in [1.82, 2.24) is 0 Å². The summed E-state index contributed by atoms with van der Waals surface area (Å²) in [4.78, 5) is 31.3. The molecule has 0 spiro atoms. The summed E-state index contributed by atoms with van der Waals surface area (Å²) in [7, 11) is -5.22. The highest BCUT2D eigenvalue weighted by Gasteiger charge is 2.54. The quantitative estimate of drug-likeness (QED) is 0.0970. The normalized spacial score (nSPS) is 20.1. The van der Waals surface area contributed by atoms with Gasteiger partial charge in [-0.15, -0.1) is 0 Å². The molecule has 0 radical (unpaired) electrons. The van der Waals surface area contributed by atoms with Crippen LogP contribution in [0.3, 0.4) is 0 Å². The van der Waals surface area contributed by atoms with E-state index in [0.29, 0.717) is 0 Å². The van der Waals surface area contributed by atoms with Gasteiger partial charge in [-0.2, -0.15) is 0 Å². The molecular weight excluding hydrogens is 847 g/mol. The Kier molecular flexibility index (Phi) is 16.8. The lowest BCUT2D eigenvalue weighted by Crippen LogP contribution is -2.47. The first kappa shape index (κ1) is 55.1. The van der Waals surface area contributed by atoms with Crippen LogP contribution in [-0.2, 0) is 47.6 Å². The first-order valence-corrected chi connectivity index (χ1v) is 25.7. The Hall–Kier alpha value is -2.54. The van der Waals surface area contributed by atoms with Gasteiger partial charge in [0.15, 0.2) is 0 Å². The minimum Gasteiger partial charge on any atom is -0.387 e. The molecule has 2 unspecified atom stereocenters. The average Bonchev–Trinajstić information content (AvgIpc) is 3.17. The van der Waals surface area contributed by atoms with Crippen LogP contribution in [0.25, 0.3) is 0 Å². The van der Waals surface area contributed by atoms with Crippen molar-refractivity contribution in [3.05, 3.63) is 141 Å². The van der Waals surface area contributed by atoms with Crippen LogP contribution < -0.4 is 0 Å². The predicted octanol–water partition coefficient (Wildman–Crippen LogP) is 14.1. The molecule has 0 aliphatic heterocycles. The Morgan fingerprint density at radius 3 is 0.785 bits per heavy atom. The van der Waals surface area contributed by atoms with Gasteiger partial charge < -0.3 is 29.8 Å². The van der Waals surface area contributed by atoms with Gasteiger partial charge in [0.2, 0.25) is 0 Å². The van der Waals surface area contributed by atoms with Crippen LogP contribution in [0.2, 0.25) is 0 Å². The van der Waals surface area contributed by atoms with Crippen LogP contribution in [0, 0.1) is 0 Å². The third-order valence-electron chi connectivity index (χ3n) is 13.9. The highest BCUT2D eigenvalue weighted by atomic mass is 31.2. The maximum atomic E-state index is 13.5. The van der Waals surface area contributed by atoms with Gasteiger partial charge in [-0.05, 0) is 114 Å². The molecule has 1 aliphatic carbocycles. The van der Waals surface area contributed by atoms with Crippen molar-refractivity contribution >= 4 is 17.2 Å². The summed E-state index contributed by atoms with van der Waals surface area (Å²) < 4.78 is 3.60. The van der Waals surface area contributed by atoms with Crippen LogP contribution in [0.15, 0.2) is 84.9 Å². The molecule has 1 saturated carbocycles. The van der Waals surface area contributed by atoms with Gasteiger partial charge in [-0.3, -0.25) is 0 Å². The summed E-state index contributed by atoms with van der Waals surface area (Å²) in [6, 6.07) is 31.8. The first-order chi connectivity index (χ1) is 29.5. The fraction of sp³-hybridized carbons (Fsp3) is 0.571. The molecule has 0 amide bonds. The number of aliphatic hydroxyl groups is 2. The third kappa shape index (κ3) is 12.6.